The van der Waals surface area contributed by atoms with Gasteiger partial charge in [-0.3, -0.25) is 9.59 Å². The number of esters is 1. The molecule has 0 radical (unpaired) electrons. The second kappa shape index (κ2) is 9.35. The van der Waals surface area contributed by atoms with Crippen LogP contribution in [0.25, 0.3) is 17.2 Å². The molecule has 0 spiro atoms. The van der Waals surface area contributed by atoms with E-state index < -0.39 is 29.4 Å². The molecule has 8 heteroatoms. The van der Waals surface area contributed by atoms with Crippen LogP contribution in [0.5, 0.6) is 5.75 Å². The second-order valence-corrected chi connectivity index (χ2v) is 7.95. The molecule has 1 atom stereocenters. The molecule has 3 aromatic rings. The van der Waals surface area contributed by atoms with Crippen molar-refractivity contribution in [3.05, 3.63) is 94.2 Å². The Labute approximate surface area is 198 Å². The van der Waals surface area contributed by atoms with Crippen molar-refractivity contribution in [3.8, 4) is 16.9 Å². The topological polar surface area (TPSA) is 52.6 Å². The quantitative estimate of drug-likeness (QED) is 0.229. The number of carbonyl (C=O) groups excluding carboxylic acids is 2. The van der Waals surface area contributed by atoms with Gasteiger partial charge in [0.1, 0.15) is 11.7 Å². The van der Waals surface area contributed by atoms with E-state index in [0.29, 0.717) is 12.2 Å². The van der Waals surface area contributed by atoms with Gasteiger partial charge >= 0.3 is 12.1 Å². The number of ether oxygens (including phenoxy) is 2. The molecule has 0 amide bonds. The fraction of sp³-hybridized carbons (Fsp3) is 0.154. The van der Waals surface area contributed by atoms with Crippen molar-refractivity contribution in [1.82, 2.24) is 0 Å². The Morgan fingerprint density at radius 3 is 2.18 bits per heavy atom. The van der Waals surface area contributed by atoms with E-state index in [1.54, 1.807) is 24.3 Å². The summed E-state index contributed by atoms with van der Waals surface area (Å²) in [5.74, 6) is -2.25. The number of Topliss-reactive ketones (excluding diaryl/α,β-unsaturated/α-hetero) is 1. The summed E-state index contributed by atoms with van der Waals surface area (Å²) in [7, 11) is 0. The standard InChI is InChI=1S/C26H18ClF3O4/c1-2-33-20-10-7-16(8-11-20)15-3-5-17(6-4-15)23-24(31)22(34-25(23)32)14-18-13-19(26(28,29)30)9-12-21(18)27/h3-14,23H,2H2,1H3/b22-14-. The van der Waals surface area contributed by atoms with Crippen LogP contribution in [0.4, 0.5) is 13.2 Å². The summed E-state index contributed by atoms with van der Waals surface area (Å²) in [6, 6.07) is 17.1. The number of carbonyl (C=O) groups is 2. The van der Waals surface area contributed by atoms with E-state index in [9.17, 15) is 22.8 Å². The van der Waals surface area contributed by atoms with Gasteiger partial charge in [0.25, 0.3) is 0 Å². The Hall–Kier alpha value is -3.58. The lowest BCUT2D eigenvalue weighted by Gasteiger charge is -2.08. The molecule has 4 nitrogen and oxygen atoms in total. The largest absolute Gasteiger partial charge is 0.494 e. The van der Waals surface area contributed by atoms with Crippen molar-refractivity contribution >= 4 is 29.4 Å². The van der Waals surface area contributed by atoms with Crippen LogP contribution in [-0.2, 0) is 20.5 Å². The van der Waals surface area contributed by atoms with Gasteiger partial charge in [0.2, 0.25) is 5.78 Å². The van der Waals surface area contributed by atoms with Crippen molar-refractivity contribution in [3.63, 3.8) is 0 Å². The van der Waals surface area contributed by atoms with E-state index in [1.807, 2.05) is 31.2 Å². The first-order chi connectivity index (χ1) is 16.2. The monoisotopic (exact) mass is 486 g/mol. The Morgan fingerprint density at radius 1 is 0.971 bits per heavy atom. The van der Waals surface area contributed by atoms with Crippen LogP contribution in [0, 0.1) is 0 Å². The second-order valence-electron chi connectivity index (χ2n) is 7.54. The Morgan fingerprint density at radius 2 is 1.59 bits per heavy atom. The minimum absolute atomic E-state index is 0.00694. The van der Waals surface area contributed by atoms with Gasteiger partial charge in [-0.05, 0) is 65.6 Å². The van der Waals surface area contributed by atoms with Gasteiger partial charge in [0.05, 0.1) is 12.2 Å². The van der Waals surface area contributed by atoms with Crippen LogP contribution in [0.3, 0.4) is 0 Å². The first kappa shape index (κ1) is 23.6. The van der Waals surface area contributed by atoms with Crippen LogP contribution in [0.15, 0.2) is 72.5 Å². The molecule has 1 aliphatic heterocycles. The zero-order valence-corrected chi connectivity index (χ0v) is 18.6. The average molecular weight is 487 g/mol. The Kier molecular flexibility index (Phi) is 6.48. The van der Waals surface area contributed by atoms with Crippen molar-refractivity contribution in [1.29, 1.82) is 0 Å². The summed E-state index contributed by atoms with van der Waals surface area (Å²) in [4.78, 5) is 25.3. The third-order valence-electron chi connectivity index (χ3n) is 5.30. The zero-order chi connectivity index (χ0) is 24.5. The van der Waals surface area contributed by atoms with Gasteiger partial charge in [-0.15, -0.1) is 0 Å². The first-order valence-corrected chi connectivity index (χ1v) is 10.7. The number of alkyl halides is 3. The van der Waals surface area contributed by atoms with Gasteiger partial charge in [0, 0.05) is 5.02 Å². The maximum atomic E-state index is 13.0. The van der Waals surface area contributed by atoms with Crippen molar-refractivity contribution in [2.75, 3.05) is 6.61 Å². The maximum Gasteiger partial charge on any atom is 0.416 e. The molecule has 1 fully saturated rings. The summed E-state index contributed by atoms with van der Waals surface area (Å²) in [5.41, 5.74) is 1.22. The fourth-order valence-corrected chi connectivity index (χ4v) is 3.78. The van der Waals surface area contributed by atoms with E-state index in [4.69, 9.17) is 21.1 Å². The van der Waals surface area contributed by atoms with Crippen LogP contribution >= 0.6 is 11.6 Å². The van der Waals surface area contributed by atoms with Gasteiger partial charge in [-0.1, -0.05) is 48.0 Å². The number of benzene rings is 3. The zero-order valence-electron chi connectivity index (χ0n) is 17.9. The summed E-state index contributed by atoms with van der Waals surface area (Å²) in [6.07, 6.45) is -3.52. The Bertz CT molecular complexity index is 1260. The molecule has 0 aromatic heterocycles. The highest BCUT2D eigenvalue weighted by atomic mass is 35.5. The number of ketones is 1. The van der Waals surface area contributed by atoms with Gasteiger partial charge in [-0.25, -0.2) is 0 Å². The molecule has 1 unspecified atom stereocenters. The molecule has 4 rings (SSSR count). The number of halogens is 4. The molecule has 3 aromatic carbocycles. The number of allylic oxidation sites excluding steroid dienone is 1. The van der Waals surface area contributed by atoms with E-state index in [-0.39, 0.29) is 16.3 Å². The maximum absolute atomic E-state index is 13.0. The van der Waals surface area contributed by atoms with E-state index in [0.717, 1.165) is 41.2 Å². The smallest absolute Gasteiger partial charge is 0.416 e. The Balaban J connectivity index is 1.57. The van der Waals surface area contributed by atoms with E-state index in [2.05, 4.69) is 0 Å². The van der Waals surface area contributed by atoms with Crippen LogP contribution in [0.1, 0.15) is 29.5 Å². The summed E-state index contributed by atoms with van der Waals surface area (Å²) in [6.45, 7) is 2.47. The molecule has 1 saturated heterocycles. The third kappa shape index (κ3) is 4.84. The molecule has 1 aliphatic rings. The van der Waals surface area contributed by atoms with E-state index in [1.165, 1.54) is 0 Å². The van der Waals surface area contributed by atoms with Gasteiger partial charge in [-0.2, -0.15) is 13.2 Å². The summed E-state index contributed by atoms with van der Waals surface area (Å²) >= 11 is 5.99. The van der Waals surface area contributed by atoms with Crippen LogP contribution in [0.2, 0.25) is 5.02 Å². The predicted molar refractivity (Wildman–Crippen MR) is 121 cm³/mol. The third-order valence-corrected chi connectivity index (χ3v) is 5.65. The molecular weight excluding hydrogens is 469 g/mol. The lowest BCUT2D eigenvalue weighted by atomic mass is 9.93. The molecule has 174 valence electrons. The molecular formula is C26H18ClF3O4. The number of hydrogen-bond acceptors (Lipinski definition) is 4. The first-order valence-electron chi connectivity index (χ1n) is 10.3. The molecule has 0 saturated carbocycles. The molecule has 0 N–H and O–H groups in total. The normalized spacial score (nSPS) is 17.2. The fourth-order valence-electron chi connectivity index (χ4n) is 3.61. The van der Waals surface area contributed by atoms with Crippen LogP contribution < -0.4 is 4.74 Å². The minimum atomic E-state index is -4.58. The predicted octanol–water partition coefficient (Wildman–Crippen LogP) is 6.68. The van der Waals surface area contributed by atoms with Gasteiger partial charge < -0.3 is 9.47 Å². The van der Waals surface area contributed by atoms with Crippen molar-refractivity contribution in [2.24, 2.45) is 0 Å². The summed E-state index contributed by atoms with van der Waals surface area (Å²) in [5, 5.41) is -0.00694. The molecule has 34 heavy (non-hydrogen) atoms. The minimum Gasteiger partial charge on any atom is -0.494 e. The number of rotatable bonds is 5. The number of cyclic esters (lactones) is 1. The van der Waals surface area contributed by atoms with Crippen LogP contribution in [-0.4, -0.2) is 18.4 Å². The molecule has 0 aliphatic carbocycles. The van der Waals surface area contributed by atoms with Crippen molar-refractivity contribution < 1.29 is 32.2 Å². The van der Waals surface area contributed by atoms with E-state index >= 15 is 0 Å². The average Bonchev–Trinajstić information content (AvgIpc) is 3.08. The molecule has 0 bridgehead atoms. The highest BCUT2D eigenvalue weighted by Gasteiger charge is 2.41. The summed E-state index contributed by atoms with van der Waals surface area (Å²) < 4.78 is 49.6. The SMILES string of the molecule is CCOc1ccc(-c2ccc(C3C(=O)O/C(=C\c4cc(C(F)(F)F)ccc4Cl)C3=O)cc2)cc1. The highest BCUT2D eigenvalue weighted by molar-refractivity contribution is 6.32. The lowest BCUT2D eigenvalue weighted by molar-refractivity contribution is -0.138. The number of hydrogen-bond donors (Lipinski definition) is 0. The highest BCUT2D eigenvalue weighted by Crippen LogP contribution is 2.36. The lowest BCUT2D eigenvalue weighted by Crippen LogP contribution is -2.12. The molecule has 1 heterocycles. The van der Waals surface area contributed by atoms with Gasteiger partial charge in [0.15, 0.2) is 5.76 Å². The van der Waals surface area contributed by atoms with Crippen molar-refractivity contribution in [2.45, 2.75) is 19.0 Å².